The molecule has 2 fully saturated rings. The summed E-state index contributed by atoms with van der Waals surface area (Å²) in [6.07, 6.45) is -2.75. The number of hydrogen-bond acceptors (Lipinski definition) is 4. The molecule has 0 aliphatic carbocycles. The molecule has 5 nitrogen and oxygen atoms in total. The lowest BCUT2D eigenvalue weighted by Gasteiger charge is -2.43. The van der Waals surface area contributed by atoms with Gasteiger partial charge in [0.05, 0.1) is 18.1 Å². The maximum absolute atomic E-state index is 13.7. The lowest BCUT2D eigenvalue weighted by atomic mass is 9.72. The summed E-state index contributed by atoms with van der Waals surface area (Å²) in [4.78, 5) is 17.9. The Hall–Kier alpha value is -2.58. The first kappa shape index (κ1) is 24.5. The number of carbonyl (C=O) groups is 1. The summed E-state index contributed by atoms with van der Waals surface area (Å²) >= 11 is 0. The minimum atomic E-state index is -4.44. The summed E-state index contributed by atoms with van der Waals surface area (Å²) in [6, 6.07) is 13.3. The highest BCUT2D eigenvalue weighted by atomic mass is 19.4. The quantitative estimate of drug-likeness (QED) is 0.628. The van der Waals surface area contributed by atoms with Crippen LogP contribution >= 0.6 is 0 Å². The van der Waals surface area contributed by atoms with Crippen LogP contribution < -0.4 is 4.74 Å². The van der Waals surface area contributed by atoms with Crippen LogP contribution in [0.4, 0.5) is 13.2 Å². The van der Waals surface area contributed by atoms with Gasteiger partial charge in [0.25, 0.3) is 0 Å². The molecule has 4 rings (SSSR count). The van der Waals surface area contributed by atoms with Gasteiger partial charge in [-0.25, -0.2) is 0 Å². The second-order valence-corrected chi connectivity index (χ2v) is 9.00. The molecule has 184 valence electrons. The molecule has 0 radical (unpaired) electrons. The summed E-state index contributed by atoms with van der Waals surface area (Å²) in [6.45, 7) is 4.26. The fourth-order valence-electron chi connectivity index (χ4n) is 4.90. The van der Waals surface area contributed by atoms with Gasteiger partial charge in [0, 0.05) is 45.9 Å². The molecule has 2 saturated heterocycles. The molecule has 0 N–H and O–H groups in total. The average molecular weight is 477 g/mol. The highest BCUT2D eigenvalue weighted by Gasteiger charge is 2.45. The van der Waals surface area contributed by atoms with E-state index in [1.807, 2.05) is 17.0 Å². The fraction of sp³-hybridized carbons (Fsp3) is 0.500. The van der Waals surface area contributed by atoms with Crippen molar-refractivity contribution in [1.82, 2.24) is 9.80 Å². The smallest absolute Gasteiger partial charge is 0.416 e. The number of carbonyl (C=O) groups excluding carboxylic acids is 1. The predicted octanol–water partition coefficient (Wildman–Crippen LogP) is 4.15. The van der Waals surface area contributed by atoms with Gasteiger partial charge >= 0.3 is 6.18 Å². The van der Waals surface area contributed by atoms with Crippen LogP contribution in [0.5, 0.6) is 5.75 Å². The first-order valence-corrected chi connectivity index (χ1v) is 11.7. The molecule has 0 saturated carbocycles. The van der Waals surface area contributed by atoms with E-state index >= 15 is 0 Å². The third-order valence-electron chi connectivity index (χ3n) is 7.03. The highest BCUT2D eigenvalue weighted by molar-refractivity contribution is 5.88. The highest BCUT2D eigenvalue weighted by Crippen LogP contribution is 2.39. The normalized spacial score (nSPS) is 19.1. The third-order valence-corrected chi connectivity index (χ3v) is 7.03. The van der Waals surface area contributed by atoms with E-state index < -0.39 is 17.2 Å². The largest absolute Gasteiger partial charge is 0.497 e. The topological polar surface area (TPSA) is 42.0 Å². The van der Waals surface area contributed by atoms with Crippen molar-refractivity contribution in [2.45, 2.75) is 30.9 Å². The summed E-state index contributed by atoms with van der Waals surface area (Å²) in [5.74, 6) is 0.753. The summed E-state index contributed by atoms with van der Waals surface area (Å²) in [5, 5.41) is 0. The zero-order chi connectivity index (χ0) is 24.2. The molecule has 0 spiro atoms. The van der Waals surface area contributed by atoms with Gasteiger partial charge in [-0.3, -0.25) is 9.69 Å². The monoisotopic (exact) mass is 476 g/mol. The number of ether oxygens (including phenoxy) is 2. The first-order chi connectivity index (χ1) is 16.3. The van der Waals surface area contributed by atoms with Crippen molar-refractivity contribution in [3.8, 4) is 5.75 Å². The zero-order valence-corrected chi connectivity index (χ0v) is 19.4. The van der Waals surface area contributed by atoms with Gasteiger partial charge < -0.3 is 14.4 Å². The number of amides is 1. The molecule has 1 amide bonds. The maximum Gasteiger partial charge on any atom is 0.416 e. The van der Waals surface area contributed by atoms with E-state index in [0.717, 1.165) is 43.9 Å². The molecule has 8 heteroatoms. The Morgan fingerprint density at radius 2 is 1.71 bits per heavy atom. The van der Waals surface area contributed by atoms with Crippen LogP contribution in [0.1, 0.15) is 29.5 Å². The number of halogens is 3. The van der Waals surface area contributed by atoms with Crippen molar-refractivity contribution in [1.29, 1.82) is 0 Å². The summed E-state index contributed by atoms with van der Waals surface area (Å²) in [5.41, 5.74) is -0.0142. The second kappa shape index (κ2) is 10.4. The van der Waals surface area contributed by atoms with Crippen LogP contribution in [0.25, 0.3) is 0 Å². The van der Waals surface area contributed by atoms with Crippen molar-refractivity contribution >= 4 is 5.91 Å². The Bertz CT molecular complexity index is 964. The first-order valence-electron chi connectivity index (χ1n) is 11.7. The lowest BCUT2D eigenvalue weighted by molar-refractivity contribution is -0.144. The second-order valence-electron chi connectivity index (χ2n) is 9.00. The maximum atomic E-state index is 13.7. The number of rotatable bonds is 6. The van der Waals surface area contributed by atoms with Gasteiger partial charge in [-0.05, 0) is 48.6 Å². The number of alkyl halides is 3. The molecule has 0 aromatic heterocycles. The van der Waals surface area contributed by atoms with E-state index in [1.54, 1.807) is 13.2 Å². The minimum Gasteiger partial charge on any atom is -0.497 e. The predicted molar refractivity (Wildman–Crippen MR) is 123 cm³/mol. The van der Waals surface area contributed by atoms with Crippen molar-refractivity contribution < 1.29 is 27.4 Å². The molecule has 0 atom stereocenters. The third kappa shape index (κ3) is 5.39. The van der Waals surface area contributed by atoms with Crippen molar-refractivity contribution in [2.24, 2.45) is 0 Å². The Labute approximate surface area is 198 Å². The Balaban J connectivity index is 1.41. The van der Waals surface area contributed by atoms with Gasteiger partial charge in [0.15, 0.2) is 0 Å². The number of benzene rings is 2. The Morgan fingerprint density at radius 3 is 2.32 bits per heavy atom. The molecular weight excluding hydrogens is 445 g/mol. The number of piperazine rings is 1. The molecular formula is C26H31F3N2O3. The van der Waals surface area contributed by atoms with Crippen molar-refractivity contribution in [3.63, 3.8) is 0 Å². The molecule has 2 aliphatic heterocycles. The van der Waals surface area contributed by atoms with Gasteiger partial charge in [0.1, 0.15) is 5.75 Å². The summed E-state index contributed by atoms with van der Waals surface area (Å²) in [7, 11) is 1.65. The zero-order valence-electron chi connectivity index (χ0n) is 19.4. The van der Waals surface area contributed by atoms with Crippen LogP contribution in [-0.4, -0.2) is 68.8 Å². The fourth-order valence-corrected chi connectivity index (χ4v) is 4.90. The number of hydrogen-bond donors (Lipinski definition) is 0. The van der Waals surface area contributed by atoms with E-state index in [9.17, 15) is 18.0 Å². The Morgan fingerprint density at radius 1 is 1.03 bits per heavy atom. The molecule has 0 unspecified atom stereocenters. The molecule has 2 aliphatic rings. The standard InChI is InChI=1S/C26H31F3N2O3/c1-33-23-7-5-20(6-8-23)9-12-30-13-15-31(16-14-30)24(32)25(10-17-34-18-11-25)21-3-2-4-22(19-21)26(27,28)29/h2-8,19H,9-18H2,1H3. The van der Waals surface area contributed by atoms with Gasteiger partial charge in [-0.2, -0.15) is 13.2 Å². The van der Waals surface area contributed by atoms with Crippen molar-refractivity contribution in [2.75, 3.05) is 53.0 Å². The van der Waals surface area contributed by atoms with E-state index in [-0.39, 0.29) is 5.91 Å². The molecule has 0 bridgehead atoms. The van der Waals surface area contributed by atoms with E-state index in [2.05, 4.69) is 17.0 Å². The number of nitrogens with zero attached hydrogens (tertiary/aromatic N) is 2. The van der Waals surface area contributed by atoms with Gasteiger partial charge in [0.2, 0.25) is 5.91 Å². The molecule has 2 aromatic rings. The molecule has 34 heavy (non-hydrogen) atoms. The summed E-state index contributed by atoms with van der Waals surface area (Å²) < 4.78 is 50.8. The van der Waals surface area contributed by atoms with E-state index in [1.165, 1.54) is 11.6 Å². The minimum absolute atomic E-state index is 0.0788. The SMILES string of the molecule is COc1ccc(CCN2CCN(C(=O)C3(c4cccc(C(F)(F)F)c4)CCOCC3)CC2)cc1. The van der Waals surface area contributed by atoms with Crippen LogP contribution in [0.3, 0.4) is 0 Å². The van der Waals surface area contributed by atoms with E-state index in [0.29, 0.717) is 44.7 Å². The average Bonchev–Trinajstić information content (AvgIpc) is 2.87. The lowest BCUT2D eigenvalue weighted by Crippen LogP contribution is -2.56. The molecule has 2 heterocycles. The molecule has 2 aromatic carbocycles. The van der Waals surface area contributed by atoms with Gasteiger partial charge in [-0.1, -0.05) is 30.3 Å². The Kier molecular flexibility index (Phi) is 7.48. The van der Waals surface area contributed by atoms with Crippen LogP contribution in [0.2, 0.25) is 0 Å². The van der Waals surface area contributed by atoms with Crippen molar-refractivity contribution in [3.05, 3.63) is 65.2 Å². The van der Waals surface area contributed by atoms with Crippen LogP contribution in [0, 0.1) is 0 Å². The van der Waals surface area contributed by atoms with Crippen LogP contribution in [0.15, 0.2) is 48.5 Å². The van der Waals surface area contributed by atoms with Crippen LogP contribution in [-0.2, 0) is 27.5 Å². The van der Waals surface area contributed by atoms with Gasteiger partial charge in [-0.15, -0.1) is 0 Å². The number of methoxy groups -OCH3 is 1. The van der Waals surface area contributed by atoms with E-state index in [4.69, 9.17) is 9.47 Å².